The molecular formula is C13H17F2N3O. The maximum Gasteiger partial charge on any atom is 0.318 e. The van der Waals surface area contributed by atoms with Gasteiger partial charge in [0.1, 0.15) is 11.6 Å². The van der Waals surface area contributed by atoms with Gasteiger partial charge in [-0.25, -0.2) is 13.6 Å². The van der Waals surface area contributed by atoms with Crippen molar-refractivity contribution in [1.29, 1.82) is 0 Å². The van der Waals surface area contributed by atoms with Crippen molar-refractivity contribution in [3.8, 4) is 0 Å². The predicted octanol–water partition coefficient (Wildman–Crippen LogP) is 1.77. The van der Waals surface area contributed by atoms with Crippen LogP contribution in [0.4, 0.5) is 13.6 Å². The molecular weight excluding hydrogens is 252 g/mol. The molecule has 0 aliphatic carbocycles. The number of carbonyl (C=O) groups is 1. The molecule has 2 atom stereocenters. The number of halogens is 2. The van der Waals surface area contributed by atoms with Crippen LogP contribution in [0, 0.1) is 11.6 Å². The lowest BCUT2D eigenvalue weighted by Crippen LogP contribution is -2.32. The number of benzene rings is 1. The summed E-state index contributed by atoms with van der Waals surface area (Å²) in [6.45, 7) is 2.77. The van der Waals surface area contributed by atoms with Crippen LogP contribution < -0.4 is 11.1 Å². The van der Waals surface area contributed by atoms with Crippen molar-refractivity contribution in [2.45, 2.75) is 25.4 Å². The first-order valence-corrected chi connectivity index (χ1v) is 6.23. The van der Waals surface area contributed by atoms with Crippen LogP contribution in [0.5, 0.6) is 0 Å². The summed E-state index contributed by atoms with van der Waals surface area (Å²) in [6, 6.07) is 2.70. The minimum absolute atomic E-state index is 0.00871. The van der Waals surface area contributed by atoms with Crippen LogP contribution in [0.15, 0.2) is 18.2 Å². The second kappa shape index (κ2) is 5.52. The van der Waals surface area contributed by atoms with Crippen LogP contribution in [-0.4, -0.2) is 30.1 Å². The molecule has 1 fully saturated rings. The summed E-state index contributed by atoms with van der Waals surface area (Å²) < 4.78 is 26.5. The number of urea groups is 1. The van der Waals surface area contributed by atoms with Gasteiger partial charge in [-0.1, -0.05) is 6.07 Å². The van der Waals surface area contributed by atoms with E-state index in [1.54, 1.807) is 4.90 Å². The number of hydrogen-bond donors (Lipinski definition) is 2. The Hall–Kier alpha value is -1.69. The molecule has 0 saturated carbocycles. The van der Waals surface area contributed by atoms with Gasteiger partial charge in [0.15, 0.2) is 0 Å². The van der Waals surface area contributed by atoms with Gasteiger partial charge >= 0.3 is 6.03 Å². The lowest BCUT2D eigenvalue weighted by Gasteiger charge is -2.16. The van der Waals surface area contributed by atoms with Gasteiger partial charge in [-0.2, -0.15) is 0 Å². The fourth-order valence-electron chi connectivity index (χ4n) is 2.10. The maximum atomic E-state index is 13.6. The first-order valence-electron chi connectivity index (χ1n) is 6.23. The molecule has 2 unspecified atom stereocenters. The number of nitrogens with two attached hydrogens (primary N) is 1. The molecule has 1 aliphatic rings. The Morgan fingerprint density at radius 1 is 1.53 bits per heavy atom. The van der Waals surface area contributed by atoms with E-state index >= 15 is 0 Å². The second-order valence-electron chi connectivity index (χ2n) is 4.88. The zero-order valence-electron chi connectivity index (χ0n) is 10.7. The first-order chi connectivity index (χ1) is 8.97. The highest BCUT2D eigenvalue weighted by Crippen LogP contribution is 2.23. The highest BCUT2D eigenvalue weighted by atomic mass is 19.1. The van der Waals surface area contributed by atoms with Crippen LogP contribution in [0.2, 0.25) is 0 Å². The third kappa shape index (κ3) is 3.20. The third-order valence-corrected chi connectivity index (χ3v) is 3.18. The summed E-state index contributed by atoms with van der Waals surface area (Å²) in [5.74, 6) is -1.27. The minimum atomic E-state index is -0.639. The van der Waals surface area contributed by atoms with Crippen LogP contribution in [0.25, 0.3) is 0 Å². The second-order valence-corrected chi connectivity index (χ2v) is 4.88. The highest BCUT2D eigenvalue weighted by Gasteiger charge is 2.31. The standard InChI is InChI=1S/C13H17F2N3O/c1-8(16)4-5-18-7-12(17-13(18)19)10-3-2-9(14)6-11(10)15/h2-3,6,8,12H,4-5,7,16H2,1H3,(H,17,19). The Morgan fingerprint density at radius 2 is 2.26 bits per heavy atom. The SMILES string of the molecule is CC(N)CCN1CC(c2ccc(F)cc2F)NC1=O. The summed E-state index contributed by atoms with van der Waals surface area (Å²) >= 11 is 0. The first kappa shape index (κ1) is 13.7. The molecule has 104 valence electrons. The van der Waals surface area contributed by atoms with E-state index in [2.05, 4.69) is 5.32 Å². The van der Waals surface area contributed by atoms with Gasteiger partial charge in [0.2, 0.25) is 0 Å². The molecule has 19 heavy (non-hydrogen) atoms. The van der Waals surface area contributed by atoms with Gasteiger partial charge < -0.3 is 16.0 Å². The molecule has 1 aromatic carbocycles. The van der Waals surface area contributed by atoms with Gasteiger partial charge in [0, 0.05) is 30.8 Å². The molecule has 3 N–H and O–H groups in total. The van der Waals surface area contributed by atoms with Crippen molar-refractivity contribution in [3.63, 3.8) is 0 Å². The summed E-state index contributed by atoms with van der Waals surface area (Å²) in [4.78, 5) is 13.3. The van der Waals surface area contributed by atoms with Crippen LogP contribution in [-0.2, 0) is 0 Å². The predicted molar refractivity (Wildman–Crippen MR) is 67.5 cm³/mol. The molecule has 6 heteroatoms. The molecule has 0 aromatic heterocycles. The van der Waals surface area contributed by atoms with Gasteiger partial charge in [0.05, 0.1) is 6.04 Å². The summed E-state index contributed by atoms with van der Waals surface area (Å²) in [7, 11) is 0. The average Bonchev–Trinajstić information content (AvgIpc) is 2.67. The Morgan fingerprint density at radius 3 is 2.89 bits per heavy atom. The molecule has 2 rings (SSSR count). The lowest BCUT2D eigenvalue weighted by atomic mass is 10.1. The lowest BCUT2D eigenvalue weighted by molar-refractivity contribution is 0.216. The van der Waals surface area contributed by atoms with E-state index in [1.807, 2.05) is 6.92 Å². The third-order valence-electron chi connectivity index (χ3n) is 3.18. The van der Waals surface area contributed by atoms with Gasteiger partial charge in [0.25, 0.3) is 0 Å². The molecule has 1 heterocycles. The molecule has 1 aliphatic heterocycles. The Bertz CT molecular complexity index is 479. The van der Waals surface area contributed by atoms with Crippen molar-refractivity contribution in [1.82, 2.24) is 10.2 Å². The van der Waals surface area contributed by atoms with E-state index < -0.39 is 17.7 Å². The Balaban J connectivity index is 2.05. The van der Waals surface area contributed by atoms with Crippen molar-refractivity contribution in [2.75, 3.05) is 13.1 Å². The van der Waals surface area contributed by atoms with E-state index in [0.717, 1.165) is 6.07 Å². The van der Waals surface area contributed by atoms with Crippen molar-refractivity contribution >= 4 is 6.03 Å². The van der Waals surface area contributed by atoms with E-state index in [4.69, 9.17) is 5.73 Å². The summed E-state index contributed by atoms with van der Waals surface area (Å²) in [6.07, 6.45) is 0.687. The molecule has 0 spiro atoms. The Labute approximate surface area is 110 Å². The molecule has 1 saturated heterocycles. The number of hydrogen-bond acceptors (Lipinski definition) is 2. The van der Waals surface area contributed by atoms with E-state index in [9.17, 15) is 13.6 Å². The van der Waals surface area contributed by atoms with Crippen molar-refractivity contribution in [3.05, 3.63) is 35.4 Å². The average molecular weight is 269 g/mol. The number of nitrogens with zero attached hydrogens (tertiary/aromatic N) is 1. The van der Waals surface area contributed by atoms with E-state index in [1.165, 1.54) is 12.1 Å². The molecule has 1 aromatic rings. The van der Waals surface area contributed by atoms with Gasteiger partial charge in [-0.15, -0.1) is 0 Å². The van der Waals surface area contributed by atoms with E-state index in [-0.39, 0.29) is 12.1 Å². The number of amides is 2. The minimum Gasteiger partial charge on any atom is -0.329 e. The summed E-state index contributed by atoms with van der Waals surface area (Å²) in [5.41, 5.74) is 5.95. The van der Waals surface area contributed by atoms with Gasteiger partial charge in [-0.05, 0) is 19.4 Å². The maximum absolute atomic E-state index is 13.6. The quantitative estimate of drug-likeness (QED) is 0.875. The topological polar surface area (TPSA) is 58.4 Å². The summed E-state index contributed by atoms with van der Waals surface area (Å²) in [5, 5.41) is 2.69. The fraction of sp³-hybridized carbons (Fsp3) is 0.462. The van der Waals surface area contributed by atoms with Crippen molar-refractivity contribution < 1.29 is 13.6 Å². The zero-order valence-corrected chi connectivity index (χ0v) is 10.7. The van der Waals surface area contributed by atoms with Crippen LogP contribution in [0.3, 0.4) is 0 Å². The fourth-order valence-corrected chi connectivity index (χ4v) is 2.10. The van der Waals surface area contributed by atoms with Crippen molar-refractivity contribution in [2.24, 2.45) is 5.73 Å². The Kier molecular flexibility index (Phi) is 3.99. The zero-order chi connectivity index (χ0) is 14.0. The number of nitrogens with one attached hydrogen (secondary N) is 1. The smallest absolute Gasteiger partial charge is 0.318 e. The highest BCUT2D eigenvalue weighted by molar-refractivity contribution is 5.77. The van der Waals surface area contributed by atoms with Gasteiger partial charge in [-0.3, -0.25) is 0 Å². The van der Waals surface area contributed by atoms with E-state index in [0.29, 0.717) is 25.1 Å². The molecule has 2 amide bonds. The van der Waals surface area contributed by atoms with Crippen LogP contribution in [0.1, 0.15) is 24.9 Å². The van der Waals surface area contributed by atoms with Crippen LogP contribution >= 0.6 is 0 Å². The number of rotatable bonds is 4. The molecule has 0 bridgehead atoms. The molecule has 0 radical (unpaired) electrons. The number of carbonyl (C=O) groups excluding carboxylic acids is 1. The monoisotopic (exact) mass is 269 g/mol. The largest absolute Gasteiger partial charge is 0.329 e. The molecule has 4 nitrogen and oxygen atoms in total. The normalized spacial score (nSPS) is 20.5.